The van der Waals surface area contributed by atoms with Crippen LogP contribution in [-0.4, -0.2) is 11.5 Å². The number of primary amides is 1. The summed E-state index contributed by atoms with van der Waals surface area (Å²) in [6, 6.07) is 3.56. The van der Waals surface area contributed by atoms with Crippen LogP contribution in [0.1, 0.15) is 35.3 Å². The van der Waals surface area contributed by atoms with E-state index in [1.807, 2.05) is 26.8 Å². The van der Waals surface area contributed by atoms with Gasteiger partial charge in [0.25, 0.3) is 0 Å². The zero-order valence-corrected chi connectivity index (χ0v) is 9.26. The predicted octanol–water partition coefficient (Wildman–Crippen LogP) is 1.81. The van der Waals surface area contributed by atoms with Crippen molar-refractivity contribution >= 4 is 5.91 Å². The van der Waals surface area contributed by atoms with Gasteiger partial charge in [-0.15, -0.1) is 0 Å². The molecule has 2 N–H and O–H groups in total. The van der Waals surface area contributed by atoms with Gasteiger partial charge >= 0.3 is 0 Å². The molecule has 0 unspecified atom stereocenters. The molecule has 1 amide bonds. The maximum absolute atomic E-state index is 11.2. The number of carbonyl (C=O) groups excluding carboxylic acids is 1. The Morgan fingerprint density at radius 2 is 2.13 bits per heavy atom. The van der Waals surface area contributed by atoms with Crippen molar-refractivity contribution in [3.63, 3.8) is 0 Å². The number of rotatable bonds is 1. The van der Waals surface area contributed by atoms with Crippen molar-refractivity contribution in [2.24, 2.45) is 5.73 Å². The first-order valence-electron chi connectivity index (χ1n) is 5.02. The molecular weight excluding hydrogens is 190 g/mol. The van der Waals surface area contributed by atoms with E-state index < -0.39 is 0 Å². The highest BCUT2D eigenvalue weighted by molar-refractivity contribution is 5.95. The second kappa shape index (κ2) is 2.99. The Morgan fingerprint density at radius 1 is 1.47 bits per heavy atom. The minimum Gasteiger partial charge on any atom is -0.487 e. The Kier molecular flexibility index (Phi) is 2.00. The van der Waals surface area contributed by atoms with Crippen LogP contribution in [0.5, 0.6) is 5.75 Å². The average Bonchev–Trinajstić information content (AvgIpc) is 2.40. The summed E-state index contributed by atoms with van der Waals surface area (Å²) in [5.74, 6) is 0.502. The fraction of sp³-hybridized carbons (Fsp3) is 0.417. The fourth-order valence-electron chi connectivity index (χ4n) is 2.07. The van der Waals surface area contributed by atoms with Crippen LogP contribution < -0.4 is 10.5 Å². The van der Waals surface area contributed by atoms with Crippen LogP contribution in [0.15, 0.2) is 12.1 Å². The van der Waals surface area contributed by atoms with Crippen LogP contribution in [0.3, 0.4) is 0 Å². The molecule has 1 aliphatic rings. The number of carbonyl (C=O) groups is 1. The lowest BCUT2D eigenvalue weighted by atomic mass is 9.95. The Morgan fingerprint density at radius 3 is 2.73 bits per heavy atom. The summed E-state index contributed by atoms with van der Waals surface area (Å²) in [5, 5.41) is 0. The second-order valence-corrected chi connectivity index (χ2v) is 4.62. The molecule has 1 aromatic carbocycles. The van der Waals surface area contributed by atoms with Gasteiger partial charge in [0.1, 0.15) is 11.4 Å². The van der Waals surface area contributed by atoms with Gasteiger partial charge in [0, 0.05) is 17.5 Å². The molecule has 3 nitrogen and oxygen atoms in total. The SMILES string of the molecule is Cc1c(C(N)=O)ccc2c1CC(C)(C)O2. The molecule has 2 rings (SSSR count). The van der Waals surface area contributed by atoms with Gasteiger partial charge in [0.15, 0.2) is 0 Å². The molecule has 0 radical (unpaired) electrons. The molecule has 0 atom stereocenters. The van der Waals surface area contributed by atoms with Crippen molar-refractivity contribution < 1.29 is 9.53 Å². The summed E-state index contributed by atoms with van der Waals surface area (Å²) < 4.78 is 5.76. The number of amides is 1. The van der Waals surface area contributed by atoms with Gasteiger partial charge in [-0.2, -0.15) is 0 Å². The summed E-state index contributed by atoms with van der Waals surface area (Å²) >= 11 is 0. The molecule has 15 heavy (non-hydrogen) atoms. The van der Waals surface area contributed by atoms with Crippen LogP contribution in [0.25, 0.3) is 0 Å². The molecule has 0 spiro atoms. The summed E-state index contributed by atoms with van der Waals surface area (Å²) in [5.41, 5.74) is 7.77. The molecule has 0 saturated carbocycles. The summed E-state index contributed by atoms with van der Waals surface area (Å²) in [6.07, 6.45) is 0.829. The molecule has 0 aliphatic carbocycles. The molecule has 0 bridgehead atoms. The van der Waals surface area contributed by atoms with Crippen molar-refractivity contribution in [2.45, 2.75) is 32.8 Å². The van der Waals surface area contributed by atoms with Gasteiger partial charge in [0.2, 0.25) is 5.91 Å². The predicted molar refractivity (Wildman–Crippen MR) is 58.1 cm³/mol. The van der Waals surface area contributed by atoms with Gasteiger partial charge in [-0.3, -0.25) is 4.79 Å². The van der Waals surface area contributed by atoms with E-state index in [0.717, 1.165) is 23.3 Å². The molecule has 3 heteroatoms. The Balaban J connectivity index is 2.53. The molecule has 80 valence electrons. The lowest BCUT2D eigenvalue weighted by Crippen LogP contribution is -2.24. The molecule has 0 fully saturated rings. The normalized spacial score (nSPS) is 17.0. The molecule has 1 aromatic rings. The van der Waals surface area contributed by atoms with Crippen molar-refractivity contribution in [2.75, 3.05) is 0 Å². The number of ether oxygens (including phenoxy) is 1. The maximum Gasteiger partial charge on any atom is 0.248 e. The van der Waals surface area contributed by atoms with E-state index in [-0.39, 0.29) is 11.5 Å². The monoisotopic (exact) mass is 205 g/mol. The van der Waals surface area contributed by atoms with Crippen LogP contribution in [-0.2, 0) is 6.42 Å². The van der Waals surface area contributed by atoms with Gasteiger partial charge < -0.3 is 10.5 Å². The summed E-state index contributed by atoms with van der Waals surface area (Å²) in [4.78, 5) is 11.2. The zero-order valence-electron chi connectivity index (χ0n) is 9.26. The van der Waals surface area contributed by atoms with E-state index in [0.29, 0.717) is 5.56 Å². The van der Waals surface area contributed by atoms with Gasteiger partial charge in [-0.1, -0.05) is 0 Å². The molecule has 1 aliphatic heterocycles. The molecular formula is C12H15NO2. The molecule has 1 heterocycles. The Labute approximate surface area is 89.2 Å². The smallest absolute Gasteiger partial charge is 0.248 e. The van der Waals surface area contributed by atoms with Crippen LogP contribution in [0.2, 0.25) is 0 Å². The summed E-state index contributed by atoms with van der Waals surface area (Å²) in [7, 11) is 0. The number of nitrogens with two attached hydrogens (primary N) is 1. The first kappa shape index (κ1) is 10.0. The number of hydrogen-bond donors (Lipinski definition) is 1. The van der Waals surface area contributed by atoms with E-state index >= 15 is 0 Å². The van der Waals surface area contributed by atoms with E-state index in [2.05, 4.69) is 0 Å². The van der Waals surface area contributed by atoms with Crippen LogP contribution in [0.4, 0.5) is 0 Å². The minimum absolute atomic E-state index is 0.177. The molecule has 0 saturated heterocycles. The first-order valence-corrected chi connectivity index (χ1v) is 5.02. The van der Waals surface area contributed by atoms with E-state index in [1.54, 1.807) is 6.07 Å². The first-order chi connectivity index (χ1) is 6.91. The third kappa shape index (κ3) is 1.58. The minimum atomic E-state index is -0.375. The number of hydrogen-bond acceptors (Lipinski definition) is 2. The largest absolute Gasteiger partial charge is 0.487 e. The average molecular weight is 205 g/mol. The van der Waals surface area contributed by atoms with Crippen molar-refractivity contribution in [1.82, 2.24) is 0 Å². The van der Waals surface area contributed by atoms with Crippen LogP contribution in [0, 0.1) is 6.92 Å². The van der Waals surface area contributed by atoms with Crippen molar-refractivity contribution in [1.29, 1.82) is 0 Å². The number of benzene rings is 1. The standard InChI is InChI=1S/C12H15NO2/c1-7-8(11(13)14)4-5-10-9(7)6-12(2,3)15-10/h4-5H,6H2,1-3H3,(H2,13,14). The maximum atomic E-state index is 11.2. The Hall–Kier alpha value is -1.51. The zero-order chi connectivity index (χ0) is 11.2. The van der Waals surface area contributed by atoms with Gasteiger partial charge in [-0.05, 0) is 38.5 Å². The Bertz CT molecular complexity index is 435. The van der Waals surface area contributed by atoms with Crippen LogP contribution >= 0.6 is 0 Å². The lowest BCUT2D eigenvalue weighted by Gasteiger charge is -2.16. The lowest BCUT2D eigenvalue weighted by molar-refractivity contribution is 0.0999. The van der Waals surface area contributed by atoms with Gasteiger partial charge in [0.05, 0.1) is 0 Å². The van der Waals surface area contributed by atoms with E-state index in [4.69, 9.17) is 10.5 Å². The highest BCUT2D eigenvalue weighted by Gasteiger charge is 2.32. The number of fused-ring (bicyclic) bond motifs is 1. The quantitative estimate of drug-likeness (QED) is 0.760. The van der Waals surface area contributed by atoms with Crippen molar-refractivity contribution in [3.05, 3.63) is 28.8 Å². The fourth-order valence-corrected chi connectivity index (χ4v) is 2.07. The third-order valence-corrected chi connectivity index (χ3v) is 2.81. The van der Waals surface area contributed by atoms with E-state index in [9.17, 15) is 4.79 Å². The van der Waals surface area contributed by atoms with Crippen molar-refractivity contribution in [3.8, 4) is 5.75 Å². The highest BCUT2D eigenvalue weighted by atomic mass is 16.5. The van der Waals surface area contributed by atoms with E-state index in [1.165, 1.54) is 0 Å². The second-order valence-electron chi connectivity index (χ2n) is 4.62. The summed E-state index contributed by atoms with van der Waals surface area (Å²) in [6.45, 7) is 6.00. The third-order valence-electron chi connectivity index (χ3n) is 2.81. The highest BCUT2D eigenvalue weighted by Crippen LogP contribution is 2.37. The van der Waals surface area contributed by atoms with Gasteiger partial charge in [-0.25, -0.2) is 0 Å². The topological polar surface area (TPSA) is 52.3 Å². The molecule has 0 aromatic heterocycles.